The molecule has 1 aromatic carbocycles. The number of amides is 1. The zero-order valence-corrected chi connectivity index (χ0v) is 11.1. The van der Waals surface area contributed by atoms with Gasteiger partial charge in [0.1, 0.15) is 0 Å². The van der Waals surface area contributed by atoms with Crippen LogP contribution in [0, 0.1) is 10.1 Å². The summed E-state index contributed by atoms with van der Waals surface area (Å²) in [5, 5.41) is 13.5. The Morgan fingerprint density at radius 1 is 1.40 bits per heavy atom. The molecular formula is C13H11ClN2O4. The molecule has 0 unspecified atom stereocenters. The van der Waals surface area contributed by atoms with E-state index >= 15 is 0 Å². The number of hydrogen-bond donors (Lipinski definition) is 1. The van der Waals surface area contributed by atoms with Gasteiger partial charge >= 0.3 is 0 Å². The smallest absolute Gasteiger partial charge is 0.270 e. The second-order valence-electron chi connectivity index (χ2n) is 4.06. The highest BCUT2D eigenvalue weighted by molar-refractivity contribution is 6.33. The molecule has 0 saturated carbocycles. The average Bonchev–Trinajstić information content (AvgIpc) is 2.92. The van der Waals surface area contributed by atoms with Crippen molar-refractivity contribution in [3.8, 4) is 0 Å². The molecule has 0 aliphatic heterocycles. The molecule has 1 heterocycles. The first-order chi connectivity index (χ1) is 9.58. The largest absolute Gasteiger partial charge is 0.472 e. The van der Waals surface area contributed by atoms with Crippen molar-refractivity contribution in [2.24, 2.45) is 0 Å². The number of carbonyl (C=O) groups is 1. The van der Waals surface area contributed by atoms with E-state index in [1.807, 2.05) is 0 Å². The van der Waals surface area contributed by atoms with Crippen LogP contribution in [0.25, 0.3) is 0 Å². The maximum absolute atomic E-state index is 11.9. The topological polar surface area (TPSA) is 85.4 Å². The first kappa shape index (κ1) is 14.1. The van der Waals surface area contributed by atoms with E-state index in [1.54, 1.807) is 18.6 Å². The summed E-state index contributed by atoms with van der Waals surface area (Å²) < 4.78 is 4.91. The molecular weight excluding hydrogens is 284 g/mol. The molecule has 0 spiro atoms. The van der Waals surface area contributed by atoms with Crippen molar-refractivity contribution in [3.05, 3.63) is 63.1 Å². The van der Waals surface area contributed by atoms with Gasteiger partial charge in [-0.3, -0.25) is 14.9 Å². The van der Waals surface area contributed by atoms with E-state index in [-0.39, 0.29) is 16.3 Å². The molecule has 20 heavy (non-hydrogen) atoms. The summed E-state index contributed by atoms with van der Waals surface area (Å²) in [5.74, 6) is -0.442. The number of halogens is 1. The van der Waals surface area contributed by atoms with Crippen LogP contribution in [0.15, 0.2) is 41.2 Å². The number of furan rings is 1. The van der Waals surface area contributed by atoms with Gasteiger partial charge in [-0.25, -0.2) is 0 Å². The SMILES string of the molecule is O=C(NCCc1ccoc1)c1cc([N+](=O)[O-])ccc1Cl. The van der Waals surface area contributed by atoms with Crippen molar-refractivity contribution in [2.45, 2.75) is 6.42 Å². The van der Waals surface area contributed by atoms with E-state index in [0.717, 1.165) is 11.6 Å². The number of nitrogens with zero attached hydrogens (tertiary/aromatic N) is 1. The van der Waals surface area contributed by atoms with Gasteiger partial charge in [0, 0.05) is 18.7 Å². The number of nitro benzene ring substituents is 1. The number of non-ortho nitro benzene ring substituents is 1. The van der Waals surface area contributed by atoms with Crippen LogP contribution in [0.2, 0.25) is 5.02 Å². The lowest BCUT2D eigenvalue weighted by Gasteiger charge is -2.06. The lowest BCUT2D eigenvalue weighted by atomic mass is 10.2. The highest BCUT2D eigenvalue weighted by atomic mass is 35.5. The minimum atomic E-state index is -0.571. The molecule has 1 amide bonds. The van der Waals surface area contributed by atoms with Crippen molar-refractivity contribution in [2.75, 3.05) is 6.54 Å². The van der Waals surface area contributed by atoms with Crippen molar-refractivity contribution in [1.82, 2.24) is 5.32 Å². The summed E-state index contributed by atoms with van der Waals surface area (Å²) in [5.41, 5.74) is 0.873. The third-order valence-corrected chi connectivity index (χ3v) is 3.01. The number of carbonyl (C=O) groups excluding carboxylic acids is 1. The molecule has 1 N–H and O–H groups in total. The van der Waals surface area contributed by atoms with Crippen LogP contribution < -0.4 is 5.32 Å². The van der Waals surface area contributed by atoms with Gasteiger partial charge in [0.25, 0.3) is 11.6 Å². The van der Waals surface area contributed by atoms with Crippen molar-refractivity contribution in [3.63, 3.8) is 0 Å². The van der Waals surface area contributed by atoms with Crippen LogP contribution in [0.1, 0.15) is 15.9 Å². The van der Waals surface area contributed by atoms with Crippen LogP contribution in [-0.2, 0) is 6.42 Å². The van der Waals surface area contributed by atoms with Gasteiger partial charge < -0.3 is 9.73 Å². The molecule has 104 valence electrons. The Morgan fingerprint density at radius 3 is 2.85 bits per heavy atom. The number of nitro groups is 1. The summed E-state index contributed by atoms with van der Waals surface area (Å²) >= 11 is 5.88. The lowest BCUT2D eigenvalue weighted by Crippen LogP contribution is -2.26. The van der Waals surface area contributed by atoms with Gasteiger partial charge in [-0.15, -0.1) is 0 Å². The Kier molecular flexibility index (Phi) is 4.37. The van der Waals surface area contributed by atoms with Gasteiger partial charge in [-0.2, -0.15) is 0 Å². The second kappa shape index (κ2) is 6.21. The molecule has 0 bridgehead atoms. The van der Waals surface area contributed by atoms with Crippen LogP contribution in [0.4, 0.5) is 5.69 Å². The van der Waals surface area contributed by atoms with Gasteiger partial charge in [-0.1, -0.05) is 11.6 Å². The van der Waals surface area contributed by atoms with Crippen LogP contribution in [0.5, 0.6) is 0 Å². The van der Waals surface area contributed by atoms with E-state index < -0.39 is 10.8 Å². The zero-order valence-electron chi connectivity index (χ0n) is 10.3. The summed E-state index contributed by atoms with van der Waals surface area (Å²) in [4.78, 5) is 22.0. The Morgan fingerprint density at radius 2 is 2.20 bits per heavy atom. The normalized spacial score (nSPS) is 10.2. The molecule has 0 atom stereocenters. The van der Waals surface area contributed by atoms with Crippen LogP contribution >= 0.6 is 11.6 Å². The fourth-order valence-corrected chi connectivity index (χ4v) is 1.85. The predicted molar refractivity (Wildman–Crippen MR) is 72.9 cm³/mol. The second-order valence-corrected chi connectivity index (χ2v) is 4.47. The third-order valence-electron chi connectivity index (χ3n) is 2.68. The molecule has 2 aromatic rings. The zero-order chi connectivity index (χ0) is 14.5. The van der Waals surface area contributed by atoms with E-state index in [9.17, 15) is 14.9 Å². The average molecular weight is 295 g/mol. The molecule has 0 fully saturated rings. The van der Waals surface area contributed by atoms with Gasteiger partial charge in [0.15, 0.2) is 0 Å². The summed E-state index contributed by atoms with van der Waals surface area (Å²) in [6, 6.07) is 5.55. The lowest BCUT2D eigenvalue weighted by molar-refractivity contribution is -0.384. The Labute approximate surface area is 119 Å². The third kappa shape index (κ3) is 3.36. The summed E-state index contributed by atoms with van der Waals surface area (Å²) in [6.07, 6.45) is 3.75. The van der Waals surface area contributed by atoms with E-state index in [4.69, 9.17) is 16.0 Å². The van der Waals surface area contributed by atoms with E-state index in [2.05, 4.69) is 5.32 Å². The number of nitrogens with one attached hydrogen (secondary N) is 1. The monoisotopic (exact) mass is 294 g/mol. The number of rotatable bonds is 5. The summed E-state index contributed by atoms with van der Waals surface area (Å²) in [7, 11) is 0. The quantitative estimate of drug-likeness (QED) is 0.678. The van der Waals surface area contributed by atoms with Crippen molar-refractivity contribution in [1.29, 1.82) is 0 Å². The highest BCUT2D eigenvalue weighted by Gasteiger charge is 2.15. The minimum absolute atomic E-state index is 0.0908. The van der Waals surface area contributed by atoms with Gasteiger partial charge in [0.2, 0.25) is 0 Å². The molecule has 0 saturated heterocycles. The Bertz CT molecular complexity index is 625. The van der Waals surface area contributed by atoms with E-state index in [0.29, 0.717) is 13.0 Å². The first-order valence-electron chi connectivity index (χ1n) is 5.81. The van der Waals surface area contributed by atoms with Crippen molar-refractivity contribution >= 4 is 23.2 Å². The molecule has 7 heteroatoms. The van der Waals surface area contributed by atoms with Crippen LogP contribution in [0.3, 0.4) is 0 Å². The van der Waals surface area contributed by atoms with Gasteiger partial charge in [0.05, 0.1) is 28.0 Å². The van der Waals surface area contributed by atoms with Crippen molar-refractivity contribution < 1.29 is 14.1 Å². The molecule has 0 aliphatic rings. The van der Waals surface area contributed by atoms with Crippen LogP contribution in [-0.4, -0.2) is 17.4 Å². The standard InChI is InChI=1S/C13H11ClN2O4/c14-12-2-1-10(16(18)19)7-11(12)13(17)15-5-3-9-4-6-20-8-9/h1-2,4,6-8H,3,5H2,(H,15,17). The first-order valence-corrected chi connectivity index (χ1v) is 6.19. The maximum atomic E-state index is 11.9. The molecule has 1 aromatic heterocycles. The van der Waals surface area contributed by atoms with Gasteiger partial charge in [-0.05, 0) is 24.1 Å². The number of benzene rings is 1. The minimum Gasteiger partial charge on any atom is -0.472 e. The highest BCUT2D eigenvalue weighted by Crippen LogP contribution is 2.21. The van der Waals surface area contributed by atoms with E-state index in [1.165, 1.54) is 12.1 Å². The molecule has 6 nitrogen and oxygen atoms in total. The number of hydrogen-bond acceptors (Lipinski definition) is 4. The maximum Gasteiger partial charge on any atom is 0.270 e. The summed E-state index contributed by atoms with van der Waals surface area (Å²) in [6.45, 7) is 0.386. The fourth-order valence-electron chi connectivity index (χ4n) is 1.65. The molecule has 0 radical (unpaired) electrons. The Hall–Kier alpha value is -2.34. The fraction of sp³-hybridized carbons (Fsp3) is 0.154. The molecule has 0 aliphatic carbocycles. The Balaban J connectivity index is 2.01. The molecule has 2 rings (SSSR count). The predicted octanol–water partition coefficient (Wildman–Crippen LogP) is 2.81.